The van der Waals surface area contributed by atoms with Gasteiger partial charge in [0.25, 0.3) is 5.91 Å². The van der Waals surface area contributed by atoms with Crippen molar-refractivity contribution in [2.24, 2.45) is 0 Å². The highest BCUT2D eigenvalue weighted by atomic mass is 19.4. The number of benzene rings is 1. The number of halogens is 3. The van der Waals surface area contributed by atoms with Crippen LogP contribution in [-0.4, -0.2) is 25.8 Å². The first-order chi connectivity index (χ1) is 15.8. The monoisotopic (exact) mass is 450 g/mol. The molecular weight excluding hydrogens is 433 g/mol. The zero-order valence-corrected chi connectivity index (χ0v) is 17.3. The lowest BCUT2D eigenvalue weighted by Gasteiger charge is -2.12. The Morgan fingerprint density at radius 2 is 1.82 bits per heavy atom. The Bertz CT molecular complexity index is 1290. The van der Waals surface area contributed by atoms with Gasteiger partial charge in [0.05, 0.1) is 34.5 Å². The molecule has 2 N–H and O–H groups in total. The zero-order chi connectivity index (χ0) is 23.4. The van der Waals surface area contributed by atoms with E-state index in [0.29, 0.717) is 28.7 Å². The van der Waals surface area contributed by atoms with Crippen LogP contribution in [0.15, 0.2) is 73.3 Å². The normalized spacial score (nSPS) is 11.2. The molecule has 7 nitrogen and oxygen atoms in total. The molecule has 166 valence electrons. The number of rotatable bonds is 5. The standard InChI is InChI=1S/C23H17F3N6O/c1-14-20(32-22-28-9-7-19(31-22)16-5-3-8-27-12-16)11-18(13-29-14)30-21(33)15-4-2-6-17(10-15)23(24,25)26/h2-13H,1H3,(H,30,33)(H,28,31,32). The topological polar surface area (TPSA) is 92.7 Å². The molecule has 33 heavy (non-hydrogen) atoms. The van der Waals surface area contributed by atoms with Crippen molar-refractivity contribution in [2.75, 3.05) is 10.6 Å². The average Bonchev–Trinajstić information content (AvgIpc) is 2.81. The van der Waals surface area contributed by atoms with Crippen molar-refractivity contribution in [3.63, 3.8) is 0 Å². The molecule has 3 heterocycles. The summed E-state index contributed by atoms with van der Waals surface area (Å²) in [4.78, 5) is 29.5. The smallest absolute Gasteiger partial charge is 0.322 e. The number of alkyl halides is 3. The molecule has 0 unspecified atom stereocenters. The second kappa shape index (κ2) is 9.03. The van der Waals surface area contributed by atoms with Crippen molar-refractivity contribution in [2.45, 2.75) is 13.1 Å². The first-order valence-corrected chi connectivity index (χ1v) is 9.75. The van der Waals surface area contributed by atoms with Crippen LogP contribution in [0.3, 0.4) is 0 Å². The van der Waals surface area contributed by atoms with Gasteiger partial charge in [0, 0.05) is 29.7 Å². The third-order valence-corrected chi connectivity index (χ3v) is 4.66. The summed E-state index contributed by atoms with van der Waals surface area (Å²) in [7, 11) is 0. The molecule has 10 heteroatoms. The number of hydrogen-bond donors (Lipinski definition) is 2. The maximum atomic E-state index is 12.9. The van der Waals surface area contributed by atoms with Crippen molar-refractivity contribution in [1.29, 1.82) is 0 Å². The van der Waals surface area contributed by atoms with Gasteiger partial charge in [-0.15, -0.1) is 0 Å². The number of carbonyl (C=O) groups excluding carboxylic acids is 1. The van der Waals surface area contributed by atoms with E-state index in [9.17, 15) is 18.0 Å². The molecule has 0 aliphatic rings. The summed E-state index contributed by atoms with van der Waals surface area (Å²) in [6.45, 7) is 1.76. The Labute approximate surface area is 186 Å². The van der Waals surface area contributed by atoms with Gasteiger partial charge in [0.15, 0.2) is 0 Å². The molecule has 4 rings (SSSR count). The third kappa shape index (κ3) is 5.29. The number of hydrogen-bond acceptors (Lipinski definition) is 6. The highest BCUT2D eigenvalue weighted by Gasteiger charge is 2.30. The van der Waals surface area contributed by atoms with Crippen molar-refractivity contribution >= 4 is 23.2 Å². The van der Waals surface area contributed by atoms with E-state index >= 15 is 0 Å². The second-order valence-corrected chi connectivity index (χ2v) is 7.02. The molecule has 4 aromatic rings. The molecule has 1 amide bonds. The number of carbonyl (C=O) groups is 1. The van der Waals surface area contributed by atoms with Crippen molar-refractivity contribution in [3.8, 4) is 11.3 Å². The first-order valence-electron chi connectivity index (χ1n) is 9.75. The van der Waals surface area contributed by atoms with Gasteiger partial charge in [0.2, 0.25) is 5.95 Å². The summed E-state index contributed by atoms with van der Waals surface area (Å²) >= 11 is 0. The lowest BCUT2D eigenvalue weighted by atomic mass is 10.1. The molecule has 0 bridgehead atoms. The number of nitrogens with one attached hydrogen (secondary N) is 2. The summed E-state index contributed by atoms with van der Waals surface area (Å²) in [6, 6.07) is 11.2. The Morgan fingerprint density at radius 1 is 0.970 bits per heavy atom. The van der Waals surface area contributed by atoms with E-state index in [-0.39, 0.29) is 5.56 Å². The van der Waals surface area contributed by atoms with Gasteiger partial charge >= 0.3 is 6.18 Å². The fourth-order valence-corrected chi connectivity index (χ4v) is 2.98. The van der Waals surface area contributed by atoms with E-state index in [2.05, 4.69) is 30.6 Å². The zero-order valence-electron chi connectivity index (χ0n) is 17.3. The summed E-state index contributed by atoms with van der Waals surface area (Å²) in [5, 5.41) is 5.63. The number of nitrogens with zero attached hydrogens (tertiary/aromatic N) is 4. The van der Waals surface area contributed by atoms with Crippen molar-refractivity contribution in [3.05, 3.63) is 90.1 Å². The Balaban J connectivity index is 1.54. The third-order valence-electron chi connectivity index (χ3n) is 4.66. The van der Waals surface area contributed by atoms with Crippen LogP contribution in [0.4, 0.5) is 30.5 Å². The minimum absolute atomic E-state index is 0.118. The number of aryl methyl sites for hydroxylation is 1. The Hall–Kier alpha value is -4.34. The van der Waals surface area contributed by atoms with E-state index in [4.69, 9.17) is 0 Å². The summed E-state index contributed by atoms with van der Waals surface area (Å²) in [6.07, 6.45) is 1.82. The Morgan fingerprint density at radius 3 is 2.58 bits per heavy atom. The number of anilines is 3. The molecule has 0 radical (unpaired) electrons. The number of amides is 1. The van der Waals surface area contributed by atoms with Crippen LogP contribution in [0.2, 0.25) is 0 Å². The van der Waals surface area contributed by atoms with E-state index in [1.165, 1.54) is 18.3 Å². The molecule has 0 spiro atoms. The fraction of sp³-hybridized carbons (Fsp3) is 0.0870. The molecule has 0 saturated heterocycles. The molecular formula is C23H17F3N6O. The highest BCUT2D eigenvalue weighted by Crippen LogP contribution is 2.30. The van der Waals surface area contributed by atoms with Crippen LogP contribution >= 0.6 is 0 Å². The van der Waals surface area contributed by atoms with Crippen LogP contribution in [-0.2, 0) is 6.18 Å². The van der Waals surface area contributed by atoms with Gasteiger partial charge < -0.3 is 10.6 Å². The minimum Gasteiger partial charge on any atom is -0.322 e. The SMILES string of the molecule is Cc1ncc(NC(=O)c2cccc(C(F)(F)F)c2)cc1Nc1nccc(-c2cccnc2)n1. The summed E-state index contributed by atoms with van der Waals surface area (Å²) < 4.78 is 38.8. The van der Waals surface area contributed by atoms with Crippen LogP contribution in [0.1, 0.15) is 21.6 Å². The lowest BCUT2D eigenvalue weighted by molar-refractivity contribution is -0.137. The fourth-order valence-electron chi connectivity index (χ4n) is 2.98. The van der Waals surface area contributed by atoms with Gasteiger partial charge in [-0.2, -0.15) is 13.2 Å². The molecule has 0 aliphatic carbocycles. The number of aromatic nitrogens is 4. The van der Waals surface area contributed by atoms with Crippen LogP contribution < -0.4 is 10.6 Å². The first kappa shape index (κ1) is 21.9. The highest BCUT2D eigenvalue weighted by molar-refractivity contribution is 6.04. The van der Waals surface area contributed by atoms with Gasteiger partial charge in [-0.05, 0) is 49.4 Å². The van der Waals surface area contributed by atoms with Gasteiger partial charge in [0.1, 0.15) is 0 Å². The predicted molar refractivity (Wildman–Crippen MR) is 117 cm³/mol. The second-order valence-electron chi connectivity index (χ2n) is 7.02. The predicted octanol–water partition coefficient (Wildman–Crippen LogP) is 5.26. The largest absolute Gasteiger partial charge is 0.416 e. The maximum Gasteiger partial charge on any atom is 0.416 e. The Kier molecular flexibility index (Phi) is 5.99. The van der Waals surface area contributed by atoms with E-state index in [1.807, 2.05) is 6.07 Å². The van der Waals surface area contributed by atoms with Crippen molar-refractivity contribution in [1.82, 2.24) is 19.9 Å². The number of pyridine rings is 2. The molecule has 0 aliphatic heterocycles. The molecule has 0 fully saturated rings. The quantitative estimate of drug-likeness (QED) is 0.431. The van der Waals surface area contributed by atoms with E-state index < -0.39 is 17.6 Å². The van der Waals surface area contributed by atoms with Gasteiger partial charge in [-0.1, -0.05) is 6.07 Å². The molecule has 0 atom stereocenters. The minimum atomic E-state index is -4.54. The van der Waals surface area contributed by atoms with Crippen LogP contribution in [0, 0.1) is 6.92 Å². The average molecular weight is 450 g/mol. The maximum absolute atomic E-state index is 12.9. The van der Waals surface area contributed by atoms with Crippen LogP contribution in [0.25, 0.3) is 11.3 Å². The van der Waals surface area contributed by atoms with Crippen LogP contribution in [0.5, 0.6) is 0 Å². The van der Waals surface area contributed by atoms with E-state index in [1.54, 1.807) is 43.7 Å². The van der Waals surface area contributed by atoms with Crippen molar-refractivity contribution < 1.29 is 18.0 Å². The van der Waals surface area contributed by atoms with Gasteiger partial charge in [-0.25, -0.2) is 9.97 Å². The van der Waals surface area contributed by atoms with E-state index in [0.717, 1.165) is 17.7 Å². The molecule has 0 saturated carbocycles. The van der Waals surface area contributed by atoms with Gasteiger partial charge in [-0.3, -0.25) is 14.8 Å². The lowest BCUT2D eigenvalue weighted by Crippen LogP contribution is -2.14. The molecule has 1 aromatic carbocycles. The summed E-state index contributed by atoms with van der Waals surface area (Å²) in [5.41, 5.74) is 1.91. The summed E-state index contributed by atoms with van der Waals surface area (Å²) in [5.74, 6) is -0.380. The molecule has 3 aromatic heterocycles.